The third-order valence-electron chi connectivity index (χ3n) is 1.73. The summed E-state index contributed by atoms with van der Waals surface area (Å²) in [4.78, 5) is 25.0. The maximum Gasteiger partial charge on any atom is 0.277 e. The Balaban J connectivity index is 3.12. The largest absolute Gasteiger partial charge is 0.345 e. The molecule has 0 amide bonds. The van der Waals surface area contributed by atoms with Crippen molar-refractivity contribution in [3.8, 4) is 6.07 Å². The van der Waals surface area contributed by atoms with Crippen LogP contribution in [0.2, 0.25) is 0 Å². The Bertz CT molecular complexity index is 610. The van der Waals surface area contributed by atoms with Crippen molar-refractivity contribution in [2.24, 2.45) is 0 Å². The van der Waals surface area contributed by atoms with Crippen LogP contribution in [-0.2, 0) is 0 Å². The summed E-state index contributed by atoms with van der Waals surface area (Å²) in [5.41, 5.74) is -0.848. The van der Waals surface area contributed by atoms with E-state index in [0.29, 0.717) is 5.65 Å². The van der Waals surface area contributed by atoms with Gasteiger partial charge < -0.3 is 4.98 Å². The lowest BCUT2D eigenvalue weighted by molar-refractivity contribution is 1.06. The molecule has 0 aliphatic carbocycles. The van der Waals surface area contributed by atoms with E-state index < -0.39 is 11.0 Å². The van der Waals surface area contributed by atoms with Crippen molar-refractivity contribution in [2.75, 3.05) is 0 Å². The van der Waals surface area contributed by atoms with Crippen LogP contribution in [0.3, 0.4) is 0 Å². The van der Waals surface area contributed by atoms with E-state index in [0.717, 1.165) is 0 Å². The number of aromatic amines is 3. The summed E-state index contributed by atoms with van der Waals surface area (Å²) < 4.78 is 0. The van der Waals surface area contributed by atoms with Gasteiger partial charge in [0.2, 0.25) is 5.43 Å². The number of aromatic nitrogens is 3. The summed E-state index contributed by atoms with van der Waals surface area (Å²) in [7, 11) is 0. The predicted molar refractivity (Wildman–Crippen MR) is 44.3 cm³/mol. The fourth-order valence-electron chi connectivity index (χ4n) is 1.11. The first-order valence-electron chi connectivity index (χ1n) is 3.46. The first kappa shape index (κ1) is 7.36. The smallest absolute Gasteiger partial charge is 0.277 e. The monoisotopic (exact) mass is 176 g/mol. The standard InChI is InChI=1S/C7H4N4O2/c8-1-3-2-9-6-4(5(3)12)7(13)11-10-6/h2H,(H3,9,10,11,12,13). The molecule has 2 rings (SSSR count). The summed E-state index contributed by atoms with van der Waals surface area (Å²) >= 11 is 0. The summed E-state index contributed by atoms with van der Waals surface area (Å²) in [5, 5.41) is 13.2. The summed E-state index contributed by atoms with van der Waals surface area (Å²) in [6, 6.07) is 1.69. The summed E-state index contributed by atoms with van der Waals surface area (Å²) in [6.07, 6.45) is 1.26. The van der Waals surface area contributed by atoms with Crippen LogP contribution in [0.15, 0.2) is 15.8 Å². The molecule has 0 unspecified atom stereocenters. The average molecular weight is 176 g/mol. The molecule has 0 saturated heterocycles. The van der Waals surface area contributed by atoms with Crippen LogP contribution in [0, 0.1) is 11.3 Å². The van der Waals surface area contributed by atoms with Gasteiger partial charge in [-0.25, -0.2) is 0 Å². The quantitative estimate of drug-likeness (QED) is 0.499. The Morgan fingerprint density at radius 1 is 1.31 bits per heavy atom. The van der Waals surface area contributed by atoms with Gasteiger partial charge in [0.05, 0.1) is 0 Å². The fourth-order valence-corrected chi connectivity index (χ4v) is 1.11. The van der Waals surface area contributed by atoms with Crippen LogP contribution in [0.4, 0.5) is 0 Å². The number of hydrogen-bond acceptors (Lipinski definition) is 3. The highest BCUT2D eigenvalue weighted by Crippen LogP contribution is 1.96. The molecule has 6 heteroatoms. The molecule has 3 N–H and O–H groups in total. The van der Waals surface area contributed by atoms with Gasteiger partial charge in [0, 0.05) is 6.20 Å². The Morgan fingerprint density at radius 3 is 2.77 bits per heavy atom. The van der Waals surface area contributed by atoms with E-state index in [2.05, 4.69) is 15.2 Å². The predicted octanol–water partition coefficient (Wildman–Crippen LogP) is -0.584. The highest BCUT2D eigenvalue weighted by atomic mass is 16.1. The zero-order chi connectivity index (χ0) is 9.42. The molecule has 0 spiro atoms. The number of nitriles is 1. The molecule has 0 aliphatic heterocycles. The van der Waals surface area contributed by atoms with Crippen molar-refractivity contribution >= 4 is 11.0 Å². The molecular weight excluding hydrogens is 172 g/mol. The van der Waals surface area contributed by atoms with E-state index in [-0.39, 0.29) is 10.9 Å². The molecule has 0 fully saturated rings. The van der Waals surface area contributed by atoms with Gasteiger partial charge >= 0.3 is 0 Å². The Labute approximate surface area is 70.8 Å². The molecule has 0 radical (unpaired) electrons. The fraction of sp³-hybridized carbons (Fsp3) is 0. The summed E-state index contributed by atoms with van der Waals surface area (Å²) in [5.74, 6) is 0. The minimum Gasteiger partial charge on any atom is -0.345 e. The minimum atomic E-state index is -0.557. The molecule has 0 aromatic carbocycles. The van der Waals surface area contributed by atoms with E-state index in [1.807, 2.05) is 0 Å². The zero-order valence-electron chi connectivity index (χ0n) is 6.34. The van der Waals surface area contributed by atoms with Gasteiger partial charge in [-0.15, -0.1) is 0 Å². The normalized spacial score (nSPS) is 10.1. The van der Waals surface area contributed by atoms with Crippen molar-refractivity contribution in [2.45, 2.75) is 0 Å². The molecular formula is C7H4N4O2. The maximum atomic E-state index is 11.4. The number of rotatable bonds is 0. The van der Waals surface area contributed by atoms with Crippen molar-refractivity contribution in [3.05, 3.63) is 32.3 Å². The summed E-state index contributed by atoms with van der Waals surface area (Å²) in [6.45, 7) is 0. The first-order valence-corrected chi connectivity index (χ1v) is 3.46. The molecule has 13 heavy (non-hydrogen) atoms. The second kappa shape index (κ2) is 2.35. The lowest BCUT2D eigenvalue weighted by atomic mass is 10.2. The van der Waals surface area contributed by atoms with Crippen molar-refractivity contribution < 1.29 is 0 Å². The third-order valence-corrected chi connectivity index (χ3v) is 1.73. The lowest BCUT2D eigenvalue weighted by Crippen LogP contribution is -2.13. The second-order valence-electron chi connectivity index (χ2n) is 2.47. The SMILES string of the molecule is N#Cc1c[nH]c2[nH][nH]c(=O)c2c1=O. The van der Waals surface area contributed by atoms with Gasteiger partial charge in [0.25, 0.3) is 5.56 Å². The molecule has 0 atom stereocenters. The Morgan fingerprint density at radius 2 is 2.08 bits per heavy atom. The minimum absolute atomic E-state index is 0.0425. The molecule has 6 nitrogen and oxygen atoms in total. The van der Waals surface area contributed by atoms with Crippen LogP contribution >= 0.6 is 0 Å². The molecule has 0 aliphatic rings. The van der Waals surface area contributed by atoms with E-state index in [4.69, 9.17) is 5.26 Å². The molecule has 2 aromatic heterocycles. The Hall–Kier alpha value is -2.29. The van der Waals surface area contributed by atoms with E-state index >= 15 is 0 Å². The highest BCUT2D eigenvalue weighted by Gasteiger charge is 2.08. The molecule has 0 saturated carbocycles. The number of nitrogens with one attached hydrogen (secondary N) is 3. The average Bonchev–Trinajstić information content (AvgIpc) is 2.49. The van der Waals surface area contributed by atoms with E-state index in [1.165, 1.54) is 6.20 Å². The lowest BCUT2D eigenvalue weighted by Gasteiger charge is -1.87. The van der Waals surface area contributed by atoms with Crippen LogP contribution in [0.25, 0.3) is 11.0 Å². The van der Waals surface area contributed by atoms with E-state index in [9.17, 15) is 9.59 Å². The van der Waals surface area contributed by atoms with Gasteiger partial charge in [-0.1, -0.05) is 0 Å². The van der Waals surface area contributed by atoms with Gasteiger partial charge in [-0.2, -0.15) is 5.26 Å². The number of H-pyrrole nitrogens is 3. The number of nitrogens with zero attached hydrogens (tertiary/aromatic N) is 1. The molecule has 2 aromatic rings. The van der Waals surface area contributed by atoms with Crippen molar-refractivity contribution in [1.82, 2.24) is 15.2 Å². The highest BCUT2D eigenvalue weighted by molar-refractivity contribution is 5.74. The van der Waals surface area contributed by atoms with Gasteiger partial charge in [-0.05, 0) is 0 Å². The number of hydrogen-bond donors (Lipinski definition) is 3. The van der Waals surface area contributed by atoms with Crippen LogP contribution < -0.4 is 11.0 Å². The number of fused-ring (bicyclic) bond motifs is 1. The van der Waals surface area contributed by atoms with Gasteiger partial charge in [0.1, 0.15) is 22.7 Å². The van der Waals surface area contributed by atoms with Crippen LogP contribution in [0.5, 0.6) is 0 Å². The van der Waals surface area contributed by atoms with Crippen molar-refractivity contribution in [1.29, 1.82) is 5.26 Å². The van der Waals surface area contributed by atoms with Crippen molar-refractivity contribution in [3.63, 3.8) is 0 Å². The van der Waals surface area contributed by atoms with Crippen LogP contribution in [0.1, 0.15) is 5.56 Å². The van der Waals surface area contributed by atoms with Gasteiger partial charge in [-0.3, -0.25) is 19.8 Å². The Kier molecular flexibility index (Phi) is 1.33. The zero-order valence-corrected chi connectivity index (χ0v) is 6.34. The maximum absolute atomic E-state index is 11.4. The van der Waals surface area contributed by atoms with E-state index in [1.54, 1.807) is 6.07 Å². The first-order chi connectivity index (χ1) is 6.24. The second-order valence-corrected chi connectivity index (χ2v) is 2.47. The number of pyridine rings is 1. The topological polar surface area (TPSA) is 105 Å². The molecule has 2 heterocycles. The van der Waals surface area contributed by atoms with Crippen LogP contribution in [-0.4, -0.2) is 15.2 Å². The molecule has 0 bridgehead atoms. The van der Waals surface area contributed by atoms with Gasteiger partial charge in [0.15, 0.2) is 0 Å². The molecule has 64 valence electrons. The third kappa shape index (κ3) is 0.873.